The number of hydrogen-bond donors (Lipinski definition) is 0. The van der Waals surface area contributed by atoms with E-state index in [1.165, 1.54) is 23.9 Å². The first-order valence-electron chi connectivity index (χ1n) is 9.97. The van der Waals surface area contributed by atoms with E-state index < -0.39 is 0 Å². The number of ether oxygens (including phenoxy) is 1. The number of fused-ring (bicyclic) bond motifs is 1. The minimum absolute atomic E-state index is 0.289. The number of methoxy groups -OCH3 is 1. The van der Waals surface area contributed by atoms with Crippen molar-refractivity contribution in [3.05, 3.63) is 84.8 Å². The van der Waals surface area contributed by atoms with Crippen molar-refractivity contribution in [3.63, 3.8) is 0 Å². The molecule has 0 unspecified atom stereocenters. The Morgan fingerprint density at radius 1 is 0.938 bits per heavy atom. The highest BCUT2D eigenvalue weighted by molar-refractivity contribution is 7.98. The summed E-state index contributed by atoms with van der Waals surface area (Å²) in [5, 5.41) is 5.64. The summed E-state index contributed by atoms with van der Waals surface area (Å²) < 4.78 is 20.9. The van der Waals surface area contributed by atoms with Crippen LogP contribution in [0.15, 0.2) is 84.1 Å². The van der Waals surface area contributed by atoms with Crippen LogP contribution in [0.3, 0.4) is 0 Å². The quantitative estimate of drug-likeness (QED) is 0.247. The van der Waals surface area contributed by atoms with Crippen molar-refractivity contribution in [1.29, 1.82) is 0 Å². The molecule has 7 heteroatoms. The van der Waals surface area contributed by atoms with Crippen LogP contribution in [0, 0.1) is 5.82 Å². The highest BCUT2D eigenvalue weighted by atomic mass is 32.2. The maximum absolute atomic E-state index is 13.6. The van der Waals surface area contributed by atoms with Gasteiger partial charge in [0.25, 0.3) is 0 Å². The fraction of sp³-hybridized carbons (Fsp3) is 0.0800. The number of benzene rings is 2. The Balaban J connectivity index is 1.81. The highest BCUT2D eigenvalue weighted by Crippen LogP contribution is 2.37. The van der Waals surface area contributed by atoms with Gasteiger partial charge in [-0.05, 0) is 60.9 Å². The van der Waals surface area contributed by atoms with Crippen molar-refractivity contribution in [2.75, 3.05) is 13.4 Å². The molecule has 2 aromatic carbocycles. The standard InChI is InChI=1S/C25H19FN4OS/c1-31-19-6-3-5-17(15-19)21-7-4-8-22-23(20-13-14-27-25(28-20)32-2)24(29-30(21)22)16-9-11-18(26)12-10-16/h3-15H,1-2H3. The first-order valence-corrected chi connectivity index (χ1v) is 11.2. The summed E-state index contributed by atoms with van der Waals surface area (Å²) in [5.74, 6) is 0.480. The first kappa shape index (κ1) is 20.2. The smallest absolute Gasteiger partial charge is 0.187 e. The molecule has 0 aliphatic heterocycles. The summed E-state index contributed by atoms with van der Waals surface area (Å²) in [6, 6.07) is 22.1. The summed E-state index contributed by atoms with van der Waals surface area (Å²) in [7, 11) is 1.65. The SMILES string of the molecule is COc1cccc(-c2cccc3c(-c4ccnc(SC)n4)c(-c4ccc(F)cc4)nn23)c1. The molecule has 32 heavy (non-hydrogen) atoms. The van der Waals surface area contributed by atoms with E-state index in [9.17, 15) is 4.39 Å². The molecule has 0 saturated heterocycles. The summed E-state index contributed by atoms with van der Waals surface area (Å²) in [6.45, 7) is 0. The van der Waals surface area contributed by atoms with Gasteiger partial charge in [0.15, 0.2) is 5.16 Å². The van der Waals surface area contributed by atoms with E-state index in [0.29, 0.717) is 5.16 Å². The lowest BCUT2D eigenvalue weighted by atomic mass is 10.0. The van der Waals surface area contributed by atoms with E-state index in [0.717, 1.165) is 45.0 Å². The fourth-order valence-electron chi connectivity index (χ4n) is 3.71. The number of pyridine rings is 1. The minimum atomic E-state index is -0.289. The predicted molar refractivity (Wildman–Crippen MR) is 125 cm³/mol. The lowest BCUT2D eigenvalue weighted by molar-refractivity contribution is 0.415. The lowest BCUT2D eigenvalue weighted by Crippen LogP contribution is -1.94. The molecule has 0 N–H and O–H groups in total. The molecule has 158 valence electrons. The van der Waals surface area contributed by atoms with Gasteiger partial charge in [0.05, 0.1) is 29.6 Å². The first-order chi connectivity index (χ1) is 15.7. The van der Waals surface area contributed by atoms with Crippen molar-refractivity contribution >= 4 is 17.3 Å². The van der Waals surface area contributed by atoms with Crippen LogP contribution in [-0.4, -0.2) is 32.9 Å². The van der Waals surface area contributed by atoms with E-state index in [2.05, 4.69) is 4.98 Å². The summed E-state index contributed by atoms with van der Waals surface area (Å²) in [6.07, 6.45) is 3.69. The molecular weight excluding hydrogens is 423 g/mol. The molecule has 5 aromatic rings. The molecule has 3 aromatic heterocycles. The second kappa shape index (κ2) is 8.43. The van der Waals surface area contributed by atoms with E-state index in [1.54, 1.807) is 25.4 Å². The number of aromatic nitrogens is 4. The molecule has 0 aliphatic rings. The molecule has 0 amide bonds. The summed E-state index contributed by atoms with van der Waals surface area (Å²) in [4.78, 5) is 9.03. The van der Waals surface area contributed by atoms with Crippen molar-refractivity contribution in [1.82, 2.24) is 19.6 Å². The van der Waals surface area contributed by atoms with Crippen LogP contribution in [0.5, 0.6) is 5.75 Å². The molecule has 0 spiro atoms. The molecular formula is C25H19FN4OS. The Labute approximate surface area is 188 Å². The average molecular weight is 443 g/mol. The number of thioether (sulfide) groups is 1. The van der Waals surface area contributed by atoms with Crippen LogP contribution < -0.4 is 4.74 Å². The van der Waals surface area contributed by atoms with Gasteiger partial charge in [0.1, 0.15) is 17.3 Å². The zero-order valence-electron chi connectivity index (χ0n) is 17.5. The topological polar surface area (TPSA) is 52.3 Å². The molecule has 0 aliphatic carbocycles. The zero-order valence-corrected chi connectivity index (χ0v) is 18.3. The lowest BCUT2D eigenvalue weighted by Gasteiger charge is -2.07. The monoisotopic (exact) mass is 442 g/mol. The van der Waals surface area contributed by atoms with E-state index >= 15 is 0 Å². The van der Waals surface area contributed by atoms with Gasteiger partial charge in [-0.3, -0.25) is 0 Å². The van der Waals surface area contributed by atoms with Crippen LogP contribution in [0.1, 0.15) is 0 Å². The van der Waals surface area contributed by atoms with E-state index in [-0.39, 0.29) is 5.82 Å². The zero-order chi connectivity index (χ0) is 22.1. The third-order valence-corrected chi connectivity index (χ3v) is 5.77. The van der Waals surface area contributed by atoms with Crippen LogP contribution in [0.4, 0.5) is 4.39 Å². The van der Waals surface area contributed by atoms with Crippen LogP contribution in [-0.2, 0) is 0 Å². The molecule has 0 fully saturated rings. The number of halogens is 1. The fourth-order valence-corrected chi connectivity index (χ4v) is 4.07. The Kier molecular flexibility index (Phi) is 5.33. The van der Waals surface area contributed by atoms with Crippen molar-refractivity contribution in [2.24, 2.45) is 0 Å². The van der Waals surface area contributed by atoms with Crippen LogP contribution in [0.2, 0.25) is 0 Å². The van der Waals surface area contributed by atoms with Crippen molar-refractivity contribution < 1.29 is 9.13 Å². The molecule has 3 heterocycles. The van der Waals surface area contributed by atoms with Gasteiger partial charge in [-0.1, -0.05) is 30.0 Å². The van der Waals surface area contributed by atoms with Gasteiger partial charge in [-0.2, -0.15) is 5.10 Å². The molecule has 0 bridgehead atoms. The Morgan fingerprint density at radius 3 is 2.53 bits per heavy atom. The summed E-state index contributed by atoms with van der Waals surface area (Å²) >= 11 is 1.48. The Hall–Kier alpha value is -3.71. The van der Waals surface area contributed by atoms with Gasteiger partial charge in [-0.15, -0.1) is 0 Å². The van der Waals surface area contributed by atoms with Gasteiger partial charge >= 0.3 is 0 Å². The van der Waals surface area contributed by atoms with Gasteiger partial charge in [-0.25, -0.2) is 18.9 Å². The third-order valence-electron chi connectivity index (χ3n) is 5.21. The molecule has 0 saturated carbocycles. The Bertz CT molecular complexity index is 1420. The van der Waals surface area contributed by atoms with Gasteiger partial charge < -0.3 is 4.74 Å². The second-order valence-corrected chi connectivity index (χ2v) is 7.87. The van der Waals surface area contributed by atoms with Crippen LogP contribution in [0.25, 0.3) is 39.3 Å². The Morgan fingerprint density at radius 2 is 1.75 bits per heavy atom. The largest absolute Gasteiger partial charge is 0.497 e. The predicted octanol–water partition coefficient (Wildman–Crippen LogP) is 5.99. The van der Waals surface area contributed by atoms with Gasteiger partial charge in [0.2, 0.25) is 0 Å². The maximum atomic E-state index is 13.6. The number of nitrogens with zero attached hydrogens (tertiary/aromatic N) is 4. The highest BCUT2D eigenvalue weighted by Gasteiger charge is 2.20. The third kappa shape index (κ3) is 3.61. The minimum Gasteiger partial charge on any atom is -0.497 e. The van der Waals surface area contributed by atoms with Crippen molar-refractivity contribution in [2.45, 2.75) is 5.16 Å². The normalized spacial score (nSPS) is 11.1. The maximum Gasteiger partial charge on any atom is 0.187 e. The average Bonchev–Trinajstić information content (AvgIpc) is 3.24. The molecule has 0 radical (unpaired) electrons. The van der Waals surface area contributed by atoms with Crippen LogP contribution >= 0.6 is 11.8 Å². The van der Waals surface area contributed by atoms with Crippen molar-refractivity contribution in [3.8, 4) is 39.5 Å². The van der Waals surface area contributed by atoms with Gasteiger partial charge in [0, 0.05) is 17.3 Å². The molecule has 5 nitrogen and oxygen atoms in total. The van der Waals surface area contributed by atoms with E-state index in [4.69, 9.17) is 14.8 Å². The van der Waals surface area contributed by atoms with E-state index in [1.807, 2.05) is 59.3 Å². The molecule has 0 atom stereocenters. The second-order valence-electron chi connectivity index (χ2n) is 7.10. The summed E-state index contributed by atoms with van der Waals surface area (Å²) in [5.41, 5.74) is 5.96. The number of hydrogen-bond acceptors (Lipinski definition) is 5. The number of rotatable bonds is 5. The molecule has 5 rings (SSSR count).